The zero-order chi connectivity index (χ0) is 12.4. The first kappa shape index (κ1) is 11.7. The van der Waals surface area contributed by atoms with Crippen LogP contribution in [0.5, 0.6) is 0 Å². The van der Waals surface area contributed by atoms with Crippen molar-refractivity contribution in [2.75, 3.05) is 13.1 Å². The molecule has 0 radical (unpaired) electrons. The molecule has 0 bridgehead atoms. The topological polar surface area (TPSA) is 50.1 Å². The van der Waals surface area contributed by atoms with Crippen LogP contribution in [0.1, 0.15) is 24.3 Å². The number of rotatable bonds is 6. The quantitative estimate of drug-likeness (QED) is 0.764. The van der Waals surface area contributed by atoms with Crippen molar-refractivity contribution in [3.63, 3.8) is 0 Å². The molecular weight excluding hydrogens is 226 g/mol. The summed E-state index contributed by atoms with van der Waals surface area (Å²) in [4.78, 5) is 4.29. The van der Waals surface area contributed by atoms with E-state index in [9.17, 15) is 0 Å². The summed E-state index contributed by atoms with van der Waals surface area (Å²) >= 11 is 0. The Morgan fingerprint density at radius 2 is 2.22 bits per heavy atom. The largest absolute Gasteiger partial charge is 0.441 e. The first-order valence-electron chi connectivity index (χ1n) is 6.61. The average molecular weight is 245 g/mol. The van der Waals surface area contributed by atoms with Gasteiger partial charge in [-0.05, 0) is 30.5 Å². The molecule has 0 aliphatic heterocycles. The van der Waals surface area contributed by atoms with E-state index in [1.807, 2.05) is 13.0 Å². The zero-order valence-corrected chi connectivity index (χ0v) is 10.7. The van der Waals surface area contributed by atoms with Gasteiger partial charge in [-0.15, -0.1) is 0 Å². The number of oxazole rings is 1. The fraction of sp³-hybridized carbons (Fsp3) is 0.500. The summed E-state index contributed by atoms with van der Waals surface area (Å²) in [5.74, 6) is 0.726. The molecule has 1 aliphatic carbocycles. The van der Waals surface area contributed by atoms with Crippen LogP contribution in [0.4, 0.5) is 0 Å². The van der Waals surface area contributed by atoms with Crippen molar-refractivity contribution in [1.29, 1.82) is 0 Å². The van der Waals surface area contributed by atoms with Crippen LogP contribution in [0.25, 0.3) is 11.1 Å². The van der Waals surface area contributed by atoms with Gasteiger partial charge in [-0.2, -0.15) is 0 Å². The van der Waals surface area contributed by atoms with Crippen LogP contribution in [-0.2, 0) is 6.54 Å². The molecule has 4 heteroatoms. The molecule has 4 nitrogen and oxygen atoms in total. The predicted octanol–water partition coefficient (Wildman–Crippen LogP) is 1.98. The van der Waals surface area contributed by atoms with E-state index in [0.717, 1.165) is 42.7 Å². The van der Waals surface area contributed by atoms with E-state index >= 15 is 0 Å². The van der Waals surface area contributed by atoms with Gasteiger partial charge in [0.05, 0.1) is 0 Å². The molecule has 18 heavy (non-hydrogen) atoms. The van der Waals surface area contributed by atoms with Crippen molar-refractivity contribution >= 4 is 11.1 Å². The van der Waals surface area contributed by atoms with Gasteiger partial charge in [-0.1, -0.05) is 6.07 Å². The van der Waals surface area contributed by atoms with E-state index in [0.29, 0.717) is 0 Å². The normalized spacial score (nSPS) is 15.4. The van der Waals surface area contributed by atoms with E-state index in [4.69, 9.17) is 4.42 Å². The minimum atomic E-state index is 0.726. The molecule has 1 heterocycles. The Morgan fingerprint density at radius 3 is 3.06 bits per heavy atom. The number of nitrogens with zero attached hydrogens (tertiary/aromatic N) is 1. The highest BCUT2D eigenvalue weighted by Crippen LogP contribution is 2.18. The van der Waals surface area contributed by atoms with Crippen LogP contribution in [0.15, 0.2) is 22.6 Å². The number of nitrogens with one attached hydrogen (secondary N) is 2. The Kier molecular flexibility index (Phi) is 3.30. The molecule has 96 valence electrons. The second kappa shape index (κ2) is 5.08. The molecule has 0 amide bonds. The highest BCUT2D eigenvalue weighted by atomic mass is 16.3. The third-order valence-corrected chi connectivity index (χ3v) is 3.20. The van der Waals surface area contributed by atoms with Gasteiger partial charge in [0.1, 0.15) is 5.52 Å². The average Bonchev–Trinajstić information content (AvgIpc) is 3.09. The molecule has 0 spiro atoms. The molecule has 2 aromatic rings. The van der Waals surface area contributed by atoms with E-state index in [2.05, 4.69) is 27.8 Å². The minimum absolute atomic E-state index is 0.726. The molecular formula is C14H19N3O. The standard InChI is InChI=1S/C14H19N3O/c1-10-17-13-5-2-11(8-14(13)18-10)9-15-6-7-16-12-3-4-12/h2,5,8,12,15-16H,3-4,6-7,9H2,1H3. The molecule has 0 atom stereocenters. The molecule has 1 saturated carbocycles. The SMILES string of the molecule is Cc1nc2ccc(CNCCNC3CC3)cc2o1. The Labute approximate surface area is 107 Å². The lowest BCUT2D eigenvalue weighted by Crippen LogP contribution is -2.28. The van der Waals surface area contributed by atoms with E-state index in [-0.39, 0.29) is 0 Å². The first-order chi connectivity index (χ1) is 8.81. The molecule has 3 rings (SSSR count). The smallest absolute Gasteiger partial charge is 0.192 e. The fourth-order valence-electron chi connectivity index (χ4n) is 2.08. The summed E-state index contributed by atoms with van der Waals surface area (Å²) in [6.45, 7) is 4.81. The van der Waals surface area contributed by atoms with Crippen LogP contribution in [0.2, 0.25) is 0 Å². The van der Waals surface area contributed by atoms with E-state index in [1.54, 1.807) is 0 Å². The molecule has 1 aliphatic rings. The monoisotopic (exact) mass is 245 g/mol. The summed E-state index contributed by atoms with van der Waals surface area (Å²) in [5, 5.41) is 6.92. The van der Waals surface area contributed by atoms with Gasteiger partial charge in [0.2, 0.25) is 0 Å². The number of aromatic nitrogens is 1. The number of hydrogen-bond donors (Lipinski definition) is 2. The molecule has 0 saturated heterocycles. The van der Waals surface area contributed by atoms with Crippen LogP contribution >= 0.6 is 0 Å². The maximum atomic E-state index is 5.52. The lowest BCUT2D eigenvalue weighted by atomic mass is 10.2. The van der Waals surface area contributed by atoms with Crippen LogP contribution < -0.4 is 10.6 Å². The van der Waals surface area contributed by atoms with Gasteiger partial charge in [0, 0.05) is 32.6 Å². The summed E-state index contributed by atoms with van der Waals surface area (Å²) in [5.41, 5.74) is 3.06. The van der Waals surface area contributed by atoms with Gasteiger partial charge in [0.15, 0.2) is 11.5 Å². The Bertz CT molecular complexity index is 531. The second-order valence-electron chi connectivity index (χ2n) is 4.94. The second-order valence-corrected chi connectivity index (χ2v) is 4.94. The molecule has 1 aromatic carbocycles. The van der Waals surface area contributed by atoms with Crippen molar-refractivity contribution in [3.8, 4) is 0 Å². The van der Waals surface area contributed by atoms with Crippen molar-refractivity contribution < 1.29 is 4.42 Å². The van der Waals surface area contributed by atoms with Crippen LogP contribution in [0.3, 0.4) is 0 Å². The maximum Gasteiger partial charge on any atom is 0.192 e. The van der Waals surface area contributed by atoms with Crippen molar-refractivity contribution in [2.45, 2.75) is 32.4 Å². The van der Waals surface area contributed by atoms with E-state index in [1.165, 1.54) is 18.4 Å². The van der Waals surface area contributed by atoms with Gasteiger partial charge in [-0.25, -0.2) is 4.98 Å². The third-order valence-electron chi connectivity index (χ3n) is 3.20. The maximum absolute atomic E-state index is 5.52. The summed E-state index contributed by atoms with van der Waals surface area (Å²) in [6, 6.07) is 6.98. The number of fused-ring (bicyclic) bond motifs is 1. The van der Waals surface area contributed by atoms with Gasteiger partial charge in [-0.3, -0.25) is 0 Å². The Balaban J connectivity index is 1.50. The zero-order valence-electron chi connectivity index (χ0n) is 10.7. The van der Waals surface area contributed by atoms with Gasteiger partial charge in [0.25, 0.3) is 0 Å². The molecule has 1 fully saturated rings. The van der Waals surface area contributed by atoms with E-state index < -0.39 is 0 Å². The minimum Gasteiger partial charge on any atom is -0.441 e. The predicted molar refractivity (Wildman–Crippen MR) is 71.5 cm³/mol. The summed E-state index contributed by atoms with van der Waals surface area (Å²) < 4.78 is 5.52. The third kappa shape index (κ3) is 2.89. The first-order valence-corrected chi connectivity index (χ1v) is 6.61. The fourth-order valence-corrected chi connectivity index (χ4v) is 2.08. The molecule has 0 unspecified atom stereocenters. The lowest BCUT2D eigenvalue weighted by molar-refractivity contribution is 0.560. The van der Waals surface area contributed by atoms with Crippen molar-refractivity contribution in [1.82, 2.24) is 15.6 Å². The molecule has 2 N–H and O–H groups in total. The Hall–Kier alpha value is -1.39. The summed E-state index contributed by atoms with van der Waals surface area (Å²) in [6.07, 6.45) is 2.70. The van der Waals surface area contributed by atoms with Crippen molar-refractivity contribution in [3.05, 3.63) is 29.7 Å². The highest BCUT2D eigenvalue weighted by Gasteiger charge is 2.19. The summed E-state index contributed by atoms with van der Waals surface area (Å²) in [7, 11) is 0. The Morgan fingerprint density at radius 1 is 1.33 bits per heavy atom. The number of benzene rings is 1. The highest BCUT2D eigenvalue weighted by molar-refractivity contribution is 5.73. The number of hydrogen-bond acceptors (Lipinski definition) is 4. The van der Waals surface area contributed by atoms with Gasteiger partial charge < -0.3 is 15.1 Å². The van der Waals surface area contributed by atoms with Crippen LogP contribution in [-0.4, -0.2) is 24.1 Å². The van der Waals surface area contributed by atoms with Gasteiger partial charge >= 0.3 is 0 Å². The lowest BCUT2D eigenvalue weighted by Gasteiger charge is -2.05. The van der Waals surface area contributed by atoms with Crippen LogP contribution in [0, 0.1) is 6.92 Å². The van der Waals surface area contributed by atoms with Crippen molar-refractivity contribution in [2.24, 2.45) is 0 Å². The number of aryl methyl sites for hydroxylation is 1. The molecule has 1 aromatic heterocycles.